The van der Waals surface area contributed by atoms with E-state index >= 15 is 0 Å². The molecule has 0 aromatic heterocycles. The summed E-state index contributed by atoms with van der Waals surface area (Å²) in [5.41, 5.74) is 2.45. The second-order valence-electron chi connectivity index (χ2n) is 6.23. The molecule has 1 aromatic rings. The number of fused-ring (bicyclic) bond motifs is 1. The smallest absolute Gasteiger partial charge is 0.0951 e. The molecule has 19 heavy (non-hydrogen) atoms. The van der Waals surface area contributed by atoms with Crippen molar-refractivity contribution < 1.29 is 5.11 Å². The minimum absolute atomic E-state index is 0.260. The Labute approximate surface area is 115 Å². The largest absolute Gasteiger partial charge is 0.387 e. The zero-order valence-electron chi connectivity index (χ0n) is 12.1. The number of hydrogen-bond donors (Lipinski definition) is 1. The summed E-state index contributed by atoms with van der Waals surface area (Å²) >= 11 is 0. The summed E-state index contributed by atoms with van der Waals surface area (Å²) < 4.78 is 0. The van der Waals surface area contributed by atoms with E-state index in [4.69, 9.17) is 0 Å². The molecule has 0 radical (unpaired) electrons. The molecule has 0 spiro atoms. The van der Waals surface area contributed by atoms with Crippen LogP contribution in [0.2, 0.25) is 0 Å². The highest BCUT2D eigenvalue weighted by Gasteiger charge is 2.38. The number of aliphatic hydroxyl groups excluding tert-OH is 1. The summed E-state index contributed by atoms with van der Waals surface area (Å²) in [5, 5.41) is 10.6. The molecule has 1 N–H and O–H groups in total. The van der Waals surface area contributed by atoms with Crippen molar-refractivity contribution in [3.63, 3.8) is 0 Å². The second kappa shape index (κ2) is 4.89. The lowest BCUT2D eigenvalue weighted by Crippen LogP contribution is -2.58. The standard InChI is InChI=1S/C16H24N2O/c1-11-9-18(10-12(2)17(11)3)15-8-13-6-4-5-7-14(13)16(15)19/h4-7,11-12,15-16,19H,8-10H2,1-3H3. The van der Waals surface area contributed by atoms with Crippen LogP contribution in [-0.4, -0.2) is 53.2 Å². The van der Waals surface area contributed by atoms with E-state index in [2.05, 4.69) is 48.9 Å². The third-order valence-electron chi connectivity index (χ3n) is 5.02. The van der Waals surface area contributed by atoms with E-state index < -0.39 is 0 Å². The fraction of sp³-hybridized carbons (Fsp3) is 0.625. The van der Waals surface area contributed by atoms with Gasteiger partial charge in [-0.25, -0.2) is 0 Å². The summed E-state index contributed by atoms with van der Waals surface area (Å²) in [5.74, 6) is 0. The summed E-state index contributed by atoms with van der Waals surface area (Å²) in [6.45, 7) is 6.65. The Bertz CT molecular complexity index is 450. The van der Waals surface area contributed by atoms with E-state index in [0.717, 1.165) is 25.1 Å². The number of rotatable bonds is 1. The van der Waals surface area contributed by atoms with Crippen molar-refractivity contribution >= 4 is 0 Å². The van der Waals surface area contributed by atoms with Crippen LogP contribution in [0.5, 0.6) is 0 Å². The fourth-order valence-corrected chi connectivity index (χ4v) is 3.60. The normalized spacial score (nSPS) is 36.4. The fourth-order valence-electron chi connectivity index (χ4n) is 3.60. The maximum absolute atomic E-state index is 10.6. The lowest BCUT2D eigenvalue weighted by molar-refractivity contribution is -0.00760. The van der Waals surface area contributed by atoms with Crippen molar-refractivity contribution in [3.8, 4) is 0 Å². The SMILES string of the molecule is CC1CN(C2Cc3ccccc3C2O)CC(C)N1C. The van der Waals surface area contributed by atoms with E-state index in [0.29, 0.717) is 12.1 Å². The lowest BCUT2D eigenvalue weighted by Gasteiger charge is -2.45. The molecular weight excluding hydrogens is 236 g/mol. The van der Waals surface area contributed by atoms with Gasteiger partial charge in [-0.15, -0.1) is 0 Å². The van der Waals surface area contributed by atoms with E-state index in [1.165, 1.54) is 5.56 Å². The van der Waals surface area contributed by atoms with Crippen molar-refractivity contribution in [1.82, 2.24) is 9.80 Å². The van der Waals surface area contributed by atoms with Gasteiger partial charge < -0.3 is 5.11 Å². The third kappa shape index (κ3) is 2.20. The van der Waals surface area contributed by atoms with E-state index in [1.54, 1.807) is 0 Å². The molecule has 1 aliphatic carbocycles. The summed E-state index contributed by atoms with van der Waals surface area (Å²) in [6, 6.07) is 9.70. The molecule has 1 fully saturated rings. The molecule has 3 nitrogen and oxygen atoms in total. The molecular formula is C16H24N2O. The van der Waals surface area contributed by atoms with Crippen LogP contribution in [0.15, 0.2) is 24.3 Å². The number of nitrogens with zero attached hydrogens (tertiary/aromatic N) is 2. The van der Waals surface area contributed by atoms with Gasteiger partial charge in [-0.05, 0) is 38.4 Å². The summed E-state index contributed by atoms with van der Waals surface area (Å²) in [7, 11) is 2.20. The van der Waals surface area contributed by atoms with Crippen LogP contribution in [0.3, 0.4) is 0 Å². The zero-order chi connectivity index (χ0) is 13.6. The minimum Gasteiger partial charge on any atom is -0.387 e. The van der Waals surface area contributed by atoms with Gasteiger partial charge in [0.15, 0.2) is 0 Å². The van der Waals surface area contributed by atoms with Gasteiger partial charge in [0, 0.05) is 31.2 Å². The molecule has 104 valence electrons. The first kappa shape index (κ1) is 13.1. The molecule has 1 saturated heterocycles. The van der Waals surface area contributed by atoms with Gasteiger partial charge in [0.25, 0.3) is 0 Å². The van der Waals surface area contributed by atoms with Crippen LogP contribution >= 0.6 is 0 Å². The Morgan fingerprint density at radius 2 is 1.74 bits per heavy atom. The van der Waals surface area contributed by atoms with E-state index in [-0.39, 0.29) is 12.1 Å². The average Bonchev–Trinajstić information content (AvgIpc) is 2.73. The number of piperazine rings is 1. The van der Waals surface area contributed by atoms with E-state index in [9.17, 15) is 5.11 Å². The second-order valence-corrected chi connectivity index (χ2v) is 6.23. The Hall–Kier alpha value is -0.900. The third-order valence-corrected chi connectivity index (χ3v) is 5.02. The Balaban J connectivity index is 1.78. The van der Waals surface area contributed by atoms with Gasteiger partial charge in [0.05, 0.1) is 6.10 Å². The monoisotopic (exact) mass is 260 g/mol. The molecule has 0 saturated carbocycles. The maximum Gasteiger partial charge on any atom is 0.0951 e. The Kier molecular flexibility index (Phi) is 3.37. The van der Waals surface area contributed by atoms with Gasteiger partial charge in [-0.2, -0.15) is 0 Å². The van der Waals surface area contributed by atoms with Crippen LogP contribution < -0.4 is 0 Å². The molecule has 3 heteroatoms. The van der Waals surface area contributed by atoms with Gasteiger partial charge in [-0.3, -0.25) is 9.80 Å². The first-order chi connectivity index (χ1) is 9.08. The highest BCUT2D eigenvalue weighted by atomic mass is 16.3. The summed E-state index contributed by atoms with van der Waals surface area (Å²) in [4.78, 5) is 4.92. The predicted octanol–water partition coefficient (Wildman–Crippen LogP) is 1.67. The number of hydrogen-bond acceptors (Lipinski definition) is 3. The number of aliphatic hydroxyl groups is 1. The van der Waals surface area contributed by atoms with Gasteiger partial charge >= 0.3 is 0 Å². The highest BCUT2D eigenvalue weighted by molar-refractivity contribution is 5.36. The summed E-state index contributed by atoms with van der Waals surface area (Å²) in [6.07, 6.45) is 0.666. The van der Waals surface area contributed by atoms with Crippen molar-refractivity contribution in [3.05, 3.63) is 35.4 Å². The average molecular weight is 260 g/mol. The zero-order valence-corrected chi connectivity index (χ0v) is 12.1. The van der Waals surface area contributed by atoms with Crippen molar-refractivity contribution in [2.24, 2.45) is 0 Å². The van der Waals surface area contributed by atoms with Crippen LogP contribution in [-0.2, 0) is 6.42 Å². The molecule has 3 rings (SSSR count). The van der Waals surface area contributed by atoms with E-state index in [1.807, 2.05) is 6.07 Å². The molecule has 4 unspecified atom stereocenters. The molecule has 2 aliphatic rings. The molecule has 1 heterocycles. The van der Waals surface area contributed by atoms with Crippen molar-refractivity contribution in [2.45, 2.75) is 44.5 Å². The van der Waals surface area contributed by atoms with Crippen LogP contribution in [0.25, 0.3) is 0 Å². The first-order valence-corrected chi connectivity index (χ1v) is 7.29. The number of likely N-dealkylation sites (N-methyl/N-ethyl adjacent to an activating group) is 1. The maximum atomic E-state index is 10.6. The van der Waals surface area contributed by atoms with Gasteiger partial charge in [0.2, 0.25) is 0 Å². The van der Waals surface area contributed by atoms with Gasteiger partial charge in [0.1, 0.15) is 0 Å². The lowest BCUT2D eigenvalue weighted by atomic mass is 10.0. The number of benzene rings is 1. The Morgan fingerprint density at radius 3 is 2.37 bits per heavy atom. The highest BCUT2D eigenvalue weighted by Crippen LogP contribution is 2.35. The molecule has 0 bridgehead atoms. The topological polar surface area (TPSA) is 26.7 Å². The molecule has 4 atom stereocenters. The Morgan fingerprint density at radius 1 is 1.11 bits per heavy atom. The van der Waals surface area contributed by atoms with Gasteiger partial charge in [-0.1, -0.05) is 24.3 Å². The van der Waals surface area contributed by atoms with Crippen LogP contribution in [0.1, 0.15) is 31.1 Å². The van der Waals surface area contributed by atoms with Crippen molar-refractivity contribution in [2.75, 3.05) is 20.1 Å². The van der Waals surface area contributed by atoms with Crippen molar-refractivity contribution in [1.29, 1.82) is 0 Å². The quantitative estimate of drug-likeness (QED) is 0.832. The van der Waals surface area contributed by atoms with Crippen LogP contribution in [0.4, 0.5) is 0 Å². The minimum atomic E-state index is -0.320. The first-order valence-electron chi connectivity index (χ1n) is 7.29. The van der Waals surface area contributed by atoms with Crippen LogP contribution in [0, 0.1) is 0 Å². The molecule has 1 aliphatic heterocycles. The predicted molar refractivity (Wildman–Crippen MR) is 77.2 cm³/mol. The molecule has 0 amide bonds. The molecule has 1 aromatic carbocycles.